The van der Waals surface area contributed by atoms with Gasteiger partial charge in [-0.3, -0.25) is 4.90 Å². The molecule has 2 rings (SSSR count). The van der Waals surface area contributed by atoms with Crippen molar-refractivity contribution in [3.05, 3.63) is 41.6 Å². The summed E-state index contributed by atoms with van der Waals surface area (Å²) in [4.78, 5) is 2.44. The quantitative estimate of drug-likeness (QED) is 0.597. The first-order valence-corrected chi connectivity index (χ1v) is 5.32. The van der Waals surface area contributed by atoms with E-state index in [2.05, 4.69) is 35.2 Å². The van der Waals surface area contributed by atoms with Gasteiger partial charge in [0.2, 0.25) is 0 Å². The number of likely N-dealkylation sites (tertiary alicyclic amines) is 1. The topological polar surface area (TPSA) is 27.0 Å². The van der Waals surface area contributed by atoms with Gasteiger partial charge in [-0.2, -0.15) is 0 Å². The second kappa shape index (κ2) is 6.35. The number of rotatable bonds is 2. The molecule has 0 aliphatic carbocycles. The Morgan fingerprint density at radius 2 is 1.73 bits per heavy atom. The van der Waals surface area contributed by atoms with E-state index >= 15 is 0 Å². The molecule has 0 radical (unpaired) electrons. The van der Waals surface area contributed by atoms with Crippen molar-refractivity contribution in [2.45, 2.75) is 25.4 Å². The number of benzene rings is 1. The van der Waals surface area contributed by atoms with E-state index in [-0.39, 0.29) is 24.9 Å². The van der Waals surface area contributed by atoms with Crippen molar-refractivity contribution < 1.29 is 18.9 Å². The van der Waals surface area contributed by atoms with Gasteiger partial charge in [0, 0.05) is 6.54 Å². The molecule has 0 bridgehead atoms. The fourth-order valence-corrected chi connectivity index (χ4v) is 1.93. The summed E-state index contributed by atoms with van der Waals surface area (Å²) in [6.45, 7) is 3.22. The normalized spacial score (nSPS) is 18.5. The molecule has 1 N–H and O–H groups in total. The minimum atomic E-state index is 0. The zero-order valence-electron chi connectivity index (χ0n) is 9.45. The van der Waals surface area contributed by atoms with Gasteiger partial charge in [0.05, 0.1) is 0 Å². The van der Waals surface area contributed by atoms with E-state index in [0.717, 1.165) is 32.5 Å². The van der Waals surface area contributed by atoms with Crippen molar-refractivity contribution in [3.8, 4) is 0 Å². The van der Waals surface area contributed by atoms with Crippen LogP contribution in [0.1, 0.15) is 18.4 Å². The molecule has 1 aromatic rings. The van der Waals surface area contributed by atoms with Crippen molar-refractivity contribution in [1.82, 2.24) is 4.90 Å². The first-order chi connectivity index (χ1) is 6.84. The summed E-state index contributed by atoms with van der Waals surface area (Å²) in [5, 5.41) is 0. The van der Waals surface area contributed by atoms with E-state index in [4.69, 9.17) is 5.73 Å². The Hall–Kier alpha value is -0.263. The number of piperidine rings is 1. The molecule has 0 spiro atoms. The average molecular weight is 196 g/mol. The Morgan fingerprint density at radius 3 is 2.33 bits per heavy atom. The van der Waals surface area contributed by atoms with Crippen LogP contribution in [0.25, 0.3) is 5.73 Å². The van der Waals surface area contributed by atoms with Gasteiger partial charge in [0.25, 0.3) is 0 Å². The predicted octanol–water partition coefficient (Wildman–Crippen LogP) is -0.293. The van der Waals surface area contributed by atoms with Crippen LogP contribution in [-0.2, 0) is 6.54 Å². The van der Waals surface area contributed by atoms with Crippen LogP contribution in [0.3, 0.4) is 0 Å². The molecule has 0 unspecified atom stereocenters. The minimum absolute atomic E-state index is 0. The van der Waals surface area contributed by atoms with Crippen LogP contribution in [0, 0.1) is 0 Å². The summed E-state index contributed by atoms with van der Waals surface area (Å²) in [7, 11) is 0. The molecule has 0 amide bonds. The molecular weight excluding hydrogens is 179 g/mol. The molecule has 0 saturated carbocycles. The van der Waals surface area contributed by atoms with Gasteiger partial charge in [-0.05, 0) is 18.7 Å². The van der Waals surface area contributed by atoms with E-state index in [0.29, 0.717) is 0 Å². The van der Waals surface area contributed by atoms with Gasteiger partial charge in [-0.15, -0.1) is 6.04 Å². The Morgan fingerprint density at radius 1 is 1.13 bits per heavy atom. The van der Waals surface area contributed by atoms with Crippen molar-refractivity contribution in [3.63, 3.8) is 0 Å². The third-order valence-electron chi connectivity index (χ3n) is 2.84. The third kappa shape index (κ3) is 4.01. The SMILES string of the molecule is [Li+].[NH-]C1CCN(Cc2ccccc2)CC1. The summed E-state index contributed by atoms with van der Waals surface area (Å²) < 4.78 is 0. The van der Waals surface area contributed by atoms with Gasteiger partial charge in [0.15, 0.2) is 0 Å². The van der Waals surface area contributed by atoms with Crippen LogP contribution >= 0.6 is 0 Å². The van der Waals surface area contributed by atoms with Gasteiger partial charge in [0.1, 0.15) is 0 Å². The average Bonchev–Trinajstić information content (AvgIpc) is 2.23. The predicted molar refractivity (Wildman–Crippen MR) is 59.1 cm³/mol. The molecule has 3 heteroatoms. The number of hydrogen-bond acceptors (Lipinski definition) is 1. The fourth-order valence-electron chi connectivity index (χ4n) is 1.93. The maximum atomic E-state index is 7.62. The second-order valence-electron chi connectivity index (χ2n) is 4.04. The van der Waals surface area contributed by atoms with Gasteiger partial charge < -0.3 is 5.73 Å². The molecule has 2 nitrogen and oxygen atoms in total. The van der Waals surface area contributed by atoms with Gasteiger partial charge >= 0.3 is 18.9 Å². The molecule has 0 aromatic heterocycles. The standard InChI is InChI=1S/C12H17N2.Li/c13-12-6-8-14(9-7-12)10-11-4-2-1-3-5-11;/h1-5,12-13H,6-10H2;/q-1;+1. The zero-order chi connectivity index (χ0) is 9.80. The smallest absolute Gasteiger partial charge is 0.675 e. The molecule has 1 aliphatic heterocycles. The maximum absolute atomic E-state index is 7.62. The molecule has 1 saturated heterocycles. The molecule has 1 aliphatic rings. The molecule has 15 heavy (non-hydrogen) atoms. The Labute approximate surface area is 104 Å². The van der Waals surface area contributed by atoms with Crippen LogP contribution in [0.4, 0.5) is 0 Å². The molecule has 0 atom stereocenters. The van der Waals surface area contributed by atoms with Crippen molar-refractivity contribution in [1.29, 1.82) is 0 Å². The monoisotopic (exact) mass is 196 g/mol. The van der Waals surface area contributed by atoms with Crippen LogP contribution in [-0.4, -0.2) is 24.0 Å². The first-order valence-electron chi connectivity index (χ1n) is 5.32. The van der Waals surface area contributed by atoms with E-state index in [1.54, 1.807) is 0 Å². The molecule has 1 fully saturated rings. The molecule has 1 aromatic carbocycles. The third-order valence-corrected chi connectivity index (χ3v) is 2.84. The zero-order valence-corrected chi connectivity index (χ0v) is 9.45. The minimum Gasteiger partial charge on any atom is -0.675 e. The van der Waals surface area contributed by atoms with Crippen molar-refractivity contribution in [2.24, 2.45) is 0 Å². The van der Waals surface area contributed by atoms with Crippen LogP contribution < -0.4 is 18.9 Å². The number of nitrogens with zero attached hydrogens (tertiary/aromatic N) is 1. The van der Waals surface area contributed by atoms with Crippen molar-refractivity contribution in [2.75, 3.05) is 13.1 Å². The van der Waals surface area contributed by atoms with Crippen molar-refractivity contribution >= 4 is 0 Å². The summed E-state index contributed by atoms with van der Waals surface area (Å²) in [5.41, 5.74) is 9.00. The van der Waals surface area contributed by atoms with E-state index in [1.807, 2.05) is 0 Å². The Bertz CT molecular complexity index is 268. The van der Waals surface area contributed by atoms with Crippen LogP contribution in [0.15, 0.2) is 30.3 Å². The summed E-state index contributed by atoms with van der Waals surface area (Å²) in [6.07, 6.45) is 2.07. The number of hydrogen-bond donors (Lipinski definition) is 0. The Kier molecular flexibility index (Phi) is 5.42. The molecule has 76 valence electrons. The summed E-state index contributed by atoms with van der Waals surface area (Å²) in [6, 6.07) is 10.8. The van der Waals surface area contributed by atoms with Gasteiger partial charge in [-0.1, -0.05) is 43.2 Å². The summed E-state index contributed by atoms with van der Waals surface area (Å²) >= 11 is 0. The van der Waals surface area contributed by atoms with E-state index in [1.165, 1.54) is 5.56 Å². The maximum Gasteiger partial charge on any atom is 1.00 e. The summed E-state index contributed by atoms with van der Waals surface area (Å²) in [5.74, 6) is 0. The second-order valence-corrected chi connectivity index (χ2v) is 4.04. The van der Waals surface area contributed by atoms with E-state index < -0.39 is 0 Å². The molecule has 1 heterocycles. The largest absolute Gasteiger partial charge is 1.00 e. The van der Waals surface area contributed by atoms with Crippen LogP contribution in [0.5, 0.6) is 0 Å². The Balaban J connectivity index is 0.00000112. The van der Waals surface area contributed by atoms with Crippen LogP contribution in [0.2, 0.25) is 0 Å². The van der Waals surface area contributed by atoms with E-state index in [9.17, 15) is 0 Å². The first kappa shape index (κ1) is 12.8. The molecular formula is C12H17LiN2. The number of nitrogens with one attached hydrogen (secondary N) is 1. The fraction of sp³-hybridized carbons (Fsp3) is 0.500. The van der Waals surface area contributed by atoms with Gasteiger partial charge in [-0.25, -0.2) is 0 Å².